The molecule has 1 aromatic heterocycles. The Hall–Kier alpha value is -0.0500. The lowest BCUT2D eigenvalue weighted by molar-refractivity contribution is 0.173. The predicted octanol–water partition coefficient (Wildman–Crippen LogP) is 4.60. The van der Waals surface area contributed by atoms with E-state index in [0.29, 0.717) is 6.04 Å². The number of rotatable bonds is 4. The average molecular weight is 286 g/mol. The Morgan fingerprint density at radius 2 is 2.17 bits per heavy atom. The van der Waals surface area contributed by atoms with E-state index in [1.54, 1.807) is 11.3 Å². The molecule has 1 aliphatic rings. The van der Waals surface area contributed by atoms with Crippen LogP contribution in [0.1, 0.15) is 38.0 Å². The molecule has 3 atom stereocenters. The third kappa shape index (κ3) is 3.49. The van der Waals surface area contributed by atoms with Gasteiger partial charge >= 0.3 is 0 Å². The fourth-order valence-corrected chi connectivity index (χ4v) is 4.41. The molecular weight excluding hydrogens is 262 g/mol. The molecule has 1 heterocycles. The van der Waals surface area contributed by atoms with Gasteiger partial charge in [-0.2, -0.15) is 0 Å². The summed E-state index contributed by atoms with van der Waals surface area (Å²) in [5, 5.41) is 3.51. The highest BCUT2D eigenvalue weighted by Gasteiger charge is 2.31. The van der Waals surface area contributed by atoms with Gasteiger partial charge in [0.15, 0.2) is 0 Å². The van der Waals surface area contributed by atoms with Crippen LogP contribution >= 0.6 is 22.9 Å². The Kier molecular flexibility index (Phi) is 5.11. The first-order chi connectivity index (χ1) is 8.60. The van der Waals surface area contributed by atoms with Crippen LogP contribution in [0.5, 0.6) is 0 Å². The van der Waals surface area contributed by atoms with E-state index in [0.717, 1.165) is 22.1 Å². The van der Waals surface area contributed by atoms with Gasteiger partial charge in [0.1, 0.15) is 0 Å². The van der Waals surface area contributed by atoms with Crippen LogP contribution in [0.4, 0.5) is 0 Å². The molecule has 1 saturated carbocycles. The van der Waals surface area contributed by atoms with Crippen LogP contribution in [0.25, 0.3) is 0 Å². The van der Waals surface area contributed by atoms with Crippen LogP contribution in [0.2, 0.25) is 4.34 Å². The fourth-order valence-electron chi connectivity index (χ4n) is 3.23. The van der Waals surface area contributed by atoms with Crippen molar-refractivity contribution in [3.63, 3.8) is 0 Å². The standard InChI is InChI=1S/C15H24ClNS/c1-10(2)11-4-6-14(17-3)12(8-11)9-13-5-7-15(16)18-13/h5,7,10-12,14,17H,4,6,8-9H2,1-3H3. The van der Waals surface area contributed by atoms with E-state index in [4.69, 9.17) is 11.6 Å². The van der Waals surface area contributed by atoms with E-state index in [1.165, 1.54) is 30.6 Å². The van der Waals surface area contributed by atoms with E-state index in [1.807, 2.05) is 6.07 Å². The summed E-state index contributed by atoms with van der Waals surface area (Å²) >= 11 is 7.77. The Balaban J connectivity index is 2.02. The highest BCUT2D eigenvalue weighted by atomic mass is 35.5. The summed E-state index contributed by atoms with van der Waals surface area (Å²) in [7, 11) is 2.11. The second-order valence-corrected chi connectivity index (χ2v) is 7.68. The van der Waals surface area contributed by atoms with E-state index in [9.17, 15) is 0 Å². The summed E-state index contributed by atoms with van der Waals surface area (Å²) in [6, 6.07) is 4.90. The van der Waals surface area contributed by atoms with Crippen molar-refractivity contribution >= 4 is 22.9 Å². The predicted molar refractivity (Wildman–Crippen MR) is 81.5 cm³/mol. The second kappa shape index (κ2) is 6.40. The van der Waals surface area contributed by atoms with Crippen molar-refractivity contribution in [2.24, 2.45) is 17.8 Å². The largest absolute Gasteiger partial charge is 0.317 e. The SMILES string of the molecule is CNC1CCC(C(C)C)CC1Cc1ccc(Cl)s1. The Labute approximate surface area is 120 Å². The molecule has 1 nitrogen and oxygen atoms in total. The molecule has 1 N–H and O–H groups in total. The maximum absolute atomic E-state index is 6.03. The molecule has 1 aromatic rings. The zero-order valence-corrected chi connectivity index (χ0v) is 13.2. The van der Waals surface area contributed by atoms with Gasteiger partial charge in [-0.1, -0.05) is 25.4 Å². The van der Waals surface area contributed by atoms with Crippen molar-refractivity contribution in [3.8, 4) is 0 Å². The van der Waals surface area contributed by atoms with Crippen LogP contribution in [0, 0.1) is 17.8 Å². The first-order valence-corrected chi connectivity index (χ1v) is 8.21. The molecule has 0 radical (unpaired) electrons. The van der Waals surface area contributed by atoms with Crippen molar-refractivity contribution in [2.45, 2.75) is 45.6 Å². The van der Waals surface area contributed by atoms with E-state index < -0.39 is 0 Å². The summed E-state index contributed by atoms with van der Waals surface area (Å²) in [5.41, 5.74) is 0. The van der Waals surface area contributed by atoms with Crippen molar-refractivity contribution in [1.82, 2.24) is 5.32 Å². The molecule has 102 valence electrons. The van der Waals surface area contributed by atoms with Gasteiger partial charge < -0.3 is 5.32 Å². The molecular formula is C15H24ClNS. The number of hydrogen-bond acceptors (Lipinski definition) is 2. The highest BCUT2D eigenvalue weighted by Crippen LogP contribution is 2.36. The van der Waals surface area contributed by atoms with Crippen LogP contribution in [-0.4, -0.2) is 13.1 Å². The van der Waals surface area contributed by atoms with Crippen molar-refractivity contribution in [2.75, 3.05) is 7.05 Å². The molecule has 0 amide bonds. The highest BCUT2D eigenvalue weighted by molar-refractivity contribution is 7.16. The van der Waals surface area contributed by atoms with Crippen LogP contribution in [0.15, 0.2) is 12.1 Å². The lowest BCUT2D eigenvalue weighted by Crippen LogP contribution is -2.40. The second-order valence-electron chi connectivity index (χ2n) is 5.88. The maximum atomic E-state index is 6.03. The monoisotopic (exact) mass is 285 g/mol. The van der Waals surface area contributed by atoms with Gasteiger partial charge in [-0.3, -0.25) is 0 Å². The molecule has 0 saturated heterocycles. The molecule has 3 heteroatoms. The summed E-state index contributed by atoms with van der Waals surface area (Å²) in [4.78, 5) is 1.44. The Bertz CT molecular complexity index is 374. The molecule has 18 heavy (non-hydrogen) atoms. The molecule has 2 rings (SSSR count). The van der Waals surface area contributed by atoms with Gasteiger partial charge in [-0.25, -0.2) is 0 Å². The van der Waals surface area contributed by atoms with Gasteiger partial charge in [-0.15, -0.1) is 11.3 Å². The molecule has 3 unspecified atom stereocenters. The molecule has 0 spiro atoms. The smallest absolute Gasteiger partial charge is 0.0931 e. The van der Waals surface area contributed by atoms with E-state index in [-0.39, 0.29) is 0 Å². The fraction of sp³-hybridized carbons (Fsp3) is 0.733. The van der Waals surface area contributed by atoms with Crippen LogP contribution < -0.4 is 5.32 Å². The molecule has 0 aliphatic heterocycles. The van der Waals surface area contributed by atoms with Crippen molar-refractivity contribution in [1.29, 1.82) is 0 Å². The lowest BCUT2D eigenvalue weighted by Gasteiger charge is -2.37. The Morgan fingerprint density at radius 3 is 2.72 bits per heavy atom. The summed E-state index contributed by atoms with van der Waals surface area (Å²) in [5.74, 6) is 2.48. The van der Waals surface area contributed by atoms with Crippen molar-refractivity contribution in [3.05, 3.63) is 21.3 Å². The van der Waals surface area contributed by atoms with Gasteiger partial charge in [0.2, 0.25) is 0 Å². The zero-order chi connectivity index (χ0) is 13.1. The number of nitrogens with one attached hydrogen (secondary N) is 1. The first kappa shape index (κ1) is 14.4. The van der Waals surface area contributed by atoms with Gasteiger partial charge in [0.25, 0.3) is 0 Å². The van der Waals surface area contributed by atoms with E-state index in [2.05, 4.69) is 32.3 Å². The first-order valence-electron chi connectivity index (χ1n) is 7.01. The van der Waals surface area contributed by atoms with E-state index >= 15 is 0 Å². The Morgan fingerprint density at radius 1 is 1.39 bits per heavy atom. The molecule has 0 aromatic carbocycles. The van der Waals surface area contributed by atoms with Gasteiger partial charge in [-0.05, 0) is 62.6 Å². The lowest BCUT2D eigenvalue weighted by atomic mass is 9.72. The summed E-state index contributed by atoms with van der Waals surface area (Å²) < 4.78 is 0.919. The minimum Gasteiger partial charge on any atom is -0.317 e. The number of hydrogen-bond donors (Lipinski definition) is 1. The third-order valence-corrected chi connectivity index (χ3v) is 5.68. The number of halogens is 1. The van der Waals surface area contributed by atoms with Crippen molar-refractivity contribution < 1.29 is 0 Å². The number of thiophene rings is 1. The minimum atomic E-state index is 0.681. The van der Waals surface area contributed by atoms with Crippen LogP contribution in [-0.2, 0) is 6.42 Å². The summed E-state index contributed by atoms with van der Waals surface area (Å²) in [6.07, 6.45) is 5.25. The molecule has 1 aliphatic carbocycles. The molecule has 0 bridgehead atoms. The third-order valence-electron chi connectivity index (χ3n) is 4.43. The zero-order valence-electron chi connectivity index (χ0n) is 11.6. The maximum Gasteiger partial charge on any atom is 0.0931 e. The molecule has 1 fully saturated rings. The topological polar surface area (TPSA) is 12.0 Å². The quantitative estimate of drug-likeness (QED) is 0.852. The summed E-state index contributed by atoms with van der Waals surface area (Å²) in [6.45, 7) is 4.73. The van der Waals surface area contributed by atoms with Crippen LogP contribution in [0.3, 0.4) is 0 Å². The van der Waals surface area contributed by atoms with Gasteiger partial charge in [0, 0.05) is 10.9 Å². The normalized spacial score (nSPS) is 28.8. The minimum absolute atomic E-state index is 0.681. The average Bonchev–Trinajstić information content (AvgIpc) is 2.74. The van der Waals surface area contributed by atoms with Gasteiger partial charge in [0.05, 0.1) is 4.34 Å².